The lowest BCUT2D eigenvalue weighted by Crippen LogP contribution is -2.48. The van der Waals surface area contributed by atoms with Gasteiger partial charge in [0.05, 0.1) is 12.6 Å². The first-order chi connectivity index (χ1) is 6.61. The Balaban J connectivity index is 3.83. The fourth-order valence-electron chi connectivity index (χ4n) is 1.15. The second-order valence-corrected chi connectivity index (χ2v) is 3.27. The maximum atomic E-state index is 11.0. The minimum absolute atomic E-state index is 0.276. The summed E-state index contributed by atoms with van der Waals surface area (Å²) < 4.78 is 4.94. The summed E-state index contributed by atoms with van der Waals surface area (Å²) in [6, 6.07) is -0.276. The number of rotatable bonds is 8. The third kappa shape index (κ3) is 5.90. The molecule has 0 aromatic heterocycles. The summed E-state index contributed by atoms with van der Waals surface area (Å²) in [5, 5.41) is 3.03. The van der Waals surface area contributed by atoms with Crippen molar-refractivity contribution in [1.29, 1.82) is 0 Å². The molecule has 3 N–H and O–H groups in total. The van der Waals surface area contributed by atoms with E-state index in [1.165, 1.54) is 0 Å². The number of hydrogen-bond donors (Lipinski definition) is 2. The maximum Gasteiger partial charge on any atom is 0.235 e. The molecular weight excluding hydrogens is 182 g/mol. The average Bonchev–Trinajstić information content (AvgIpc) is 2.14. The third-order valence-corrected chi connectivity index (χ3v) is 1.97. The van der Waals surface area contributed by atoms with Gasteiger partial charge in [-0.2, -0.15) is 0 Å². The normalized spacial score (nSPS) is 13.1. The molecule has 0 aromatic rings. The first-order valence-electron chi connectivity index (χ1n) is 4.82. The van der Waals surface area contributed by atoms with Crippen LogP contribution >= 0.6 is 0 Å². The molecule has 1 atom stereocenters. The summed E-state index contributed by atoms with van der Waals surface area (Å²) in [4.78, 5) is 13.0. The SMILES string of the molecule is CCNC(CN(C)CCOC)C(N)=O. The summed E-state index contributed by atoms with van der Waals surface area (Å²) in [6.07, 6.45) is 0. The maximum absolute atomic E-state index is 11.0. The number of hydrogen-bond acceptors (Lipinski definition) is 4. The third-order valence-electron chi connectivity index (χ3n) is 1.97. The van der Waals surface area contributed by atoms with E-state index in [4.69, 9.17) is 10.5 Å². The monoisotopic (exact) mass is 203 g/mol. The van der Waals surface area contributed by atoms with Gasteiger partial charge in [-0.05, 0) is 13.6 Å². The second kappa shape index (κ2) is 7.73. The van der Waals surface area contributed by atoms with E-state index in [0.29, 0.717) is 13.2 Å². The zero-order chi connectivity index (χ0) is 11.0. The second-order valence-electron chi connectivity index (χ2n) is 3.27. The summed E-state index contributed by atoms with van der Waals surface area (Å²) >= 11 is 0. The fraction of sp³-hybridized carbons (Fsp3) is 0.889. The predicted molar refractivity (Wildman–Crippen MR) is 56.0 cm³/mol. The lowest BCUT2D eigenvalue weighted by atomic mass is 10.2. The molecular formula is C9H21N3O2. The summed E-state index contributed by atoms with van der Waals surface area (Å²) in [6.45, 7) is 4.77. The molecule has 14 heavy (non-hydrogen) atoms. The van der Waals surface area contributed by atoms with E-state index in [-0.39, 0.29) is 11.9 Å². The Bertz CT molecular complexity index is 164. The molecule has 5 heteroatoms. The molecule has 0 heterocycles. The number of nitrogens with zero attached hydrogens (tertiary/aromatic N) is 1. The van der Waals surface area contributed by atoms with Crippen molar-refractivity contribution in [3.05, 3.63) is 0 Å². The molecule has 0 radical (unpaired) electrons. The average molecular weight is 203 g/mol. The lowest BCUT2D eigenvalue weighted by molar-refractivity contribution is -0.120. The number of likely N-dealkylation sites (N-methyl/N-ethyl adjacent to an activating group) is 2. The Morgan fingerprint density at radius 2 is 2.29 bits per heavy atom. The van der Waals surface area contributed by atoms with Crippen molar-refractivity contribution in [2.75, 3.05) is 40.4 Å². The molecule has 84 valence electrons. The summed E-state index contributed by atoms with van der Waals surface area (Å²) in [5.41, 5.74) is 5.24. The molecule has 0 aliphatic rings. The lowest BCUT2D eigenvalue weighted by Gasteiger charge is -2.21. The molecule has 0 saturated carbocycles. The molecule has 5 nitrogen and oxygen atoms in total. The number of nitrogens with two attached hydrogens (primary N) is 1. The topological polar surface area (TPSA) is 67.6 Å². The van der Waals surface area contributed by atoms with Gasteiger partial charge in [-0.15, -0.1) is 0 Å². The van der Waals surface area contributed by atoms with Gasteiger partial charge in [-0.3, -0.25) is 4.79 Å². The Kier molecular flexibility index (Phi) is 7.37. The highest BCUT2D eigenvalue weighted by Gasteiger charge is 2.15. The smallest absolute Gasteiger partial charge is 0.235 e. The van der Waals surface area contributed by atoms with Gasteiger partial charge in [0.1, 0.15) is 0 Å². The molecule has 0 aliphatic heterocycles. The number of carbonyl (C=O) groups excluding carboxylic acids is 1. The van der Waals surface area contributed by atoms with Crippen LogP contribution in [-0.2, 0) is 9.53 Å². The number of methoxy groups -OCH3 is 1. The Morgan fingerprint density at radius 1 is 1.64 bits per heavy atom. The van der Waals surface area contributed by atoms with Gasteiger partial charge in [0, 0.05) is 20.2 Å². The van der Waals surface area contributed by atoms with Gasteiger partial charge in [0.25, 0.3) is 0 Å². The first kappa shape index (κ1) is 13.4. The zero-order valence-electron chi connectivity index (χ0n) is 9.25. The highest BCUT2D eigenvalue weighted by atomic mass is 16.5. The molecule has 0 aromatic carbocycles. The van der Waals surface area contributed by atoms with E-state index < -0.39 is 0 Å². The minimum Gasteiger partial charge on any atom is -0.383 e. The highest BCUT2D eigenvalue weighted by molar-refractivity contribution is 5.80. The molecule has 1 unspecified atom stereocenters. The van der Waals surface area contributed by atoms with Gasteiger partial charge >= 0.3 is 0 Å². The predicted octanol–water partition coefficient (Wildman–Crippen LogP) is -0.972. The van der Waals surface area contributed by atoms with Crippen LogP contribution in [0.2, 0.25) is 0 Å². The van der Waals surface area contributed by atoms with Crippen LogP contribution in [0, 0.1) is 0 Å². The largest absolute Gasteiger partial charge is 0.383 e. The first-order valence-corrected chi connectivity index (χ1v) is 4.82. The number of ether oxygens (including phenoxy) is 1. The van der Waals surface area contributed by atoms with Crippen LogP contribution in [0.4, 0.5) is 0 Å². The molecule has 1 amide bonds. The van der Waals surface area contributed by atoms with Gasteiger partial charge in [-0.1, -0.05) is 6.92 Å². The van der Waals surface area contributed by atoms with Crippen LogP contribution in [0.15, 0.2) is 0 Å². The van der Waals surface area contributed by atoms with Gasteiger partial charge in [0.15, 0.2) is 0 Å². The number of primary amides is 1. The molecule has 0 spiro atoms. The minimum atomic E-state index is -0.309. The van der Waals surface area contributed by atoms with Crippen molar-refractivity contribution in [1.82, 2.24) is 10.2 Å². The van der Waals surface area contributed by atoms with Crippen molar-refractivity contribution in [2.45, 2.75) is 13.0 Å². The standard InChI is InChI=1S/C9H21N3O2/c1-4-11-8(9(10)13)7-12(2)5-6-14-3/h8,11H,4-7H2,1-3H3,(H2,10,13). The summed E-state index contributed by atoms with van der Waals surface area (Å²) in [5.74, 6) is -0.309. The van der Waals surface area contributed by atoms with E-state index in [2.05, 4.69) is 5.32 Å². The Hall–Kier alpha value is -0.650. The van der Waals surface area contributed by atoms with E-state index in [9.17, 15) is 4.79 Å². The van der Waals surface area contributed by atoms with Crippen molar-refractivity contribution in [3.63, 3.8) is 0 Å². The van der Waals surface area contributed by atoms with Crippen LogP contribution in [0.1, 0.15) is 6.92 Å². The van der Waals surface area contributed by atoms with E-state index in [1.807, 2.05) is 18.9 Å². The van der Waals surface area contributed by atoms with Gasteiger partial charge in [-0.25, -0.2) is 0 Å². The fourth-order valence-corrected chi connectivity index (χ4v) is 1.15. The van der Waals surface area contributed by atoms with Crippen molar-refractivity contribution >= 4 is 5.91 Å². The zero-order valence-corrected chi connectivity index (χ0v) is 9.25. The number of nitrogens with one attached hydrogen (secondary N) is 1. The van der Waals surface area contributed by atoms with Crippen LogP contribution in [0.25, 0.3) is 0 Å². The Labute approximate surface area is 85.6 Å². The van der Waals surface area contributed by atoms with E-state index in [0.717, 1.165) is 13.1 Å². The van der Waals surface area contributed by atoms with E-state index >= 15 is 0 Å². The van der Waals surface area contributed by atoms with Crippen molar-refractivity contribution in [3.8, 4) is 0 Å². The van der Waals surface area contributed by atoms with Crippen LogP contribution in [-0.4, -0.2) is 57.2 Å². The van der Waals surface area contributed by atoms with Crippen LogP contribution in [0.3, 0.4) is 0 Å². The Morgan fingerprint density at radius 3 is 2.71 bits per heavy atom. The number of carbonyl (C=O) groups is 1. The van der Waals surface area contributed by atoms with Gasteiger partial charge < -0.3 is 20.7 Å². The van der Waals surface area contributed by atoms with Crippen LogP contribution in [0.5, 0.6) is 0 Å². The number of amides is 1. The quantitative estimate of drug-likeness (QED) is 0.532. The van der Waals surface area contributed by atoms with E-state index in [1.54, 1.807) is 7.11 Å². The summed E-state index contributed by atoms with van der Waals surface area (Å²) in [7, 11) is 3.59. The van der Waals surface area contributed by atoms with Crippen LogP contribution < -0.4 is 11.1 Å². The van der Waals surface area contributed by atoms with Gasteiger partial charge in [0.2, 0.25) is 5.91 Å². The van der Waals surface area contributed by atoms with Crippen molar-refractivity contribution < 1.29 is 9.53 Å². The molecule has 0 rings (SSSR count). The van der Waals surface area contributed by atoms with Crippen molar-refractivity contribution in [2.24, 2.45) is 5.73 Å². The molecule has 0 fully saturated rings. The molecule has 0 aliphatic carbocycles. The molecule has 0 bridgehead atoms. The molecule has 0 saturated heterocycles. The highest BCUT2D eigenvalue weighted by Crippen LogP contribution is 1.89.